The molecule has 0 unspecified atom stereocenters. The number of rotatable bonds is 6. The van der Waals surface area contributed by atoms with Crippen molar-refractivity contribution in [2.45, 2.75) is 32.3 Å². The molecule has 1 aromatic heterocycles. The summed E-state index contributed by atoms with van der Waals surface area (Å²) in [5.41, 5.74) is 4.12. The molecule has 1 aliphatic rings. The van der Waals surface area contributed by atoms with Crippen molar-refractivity contribution in [3.05, 3.63) is 59.3 Å². The summed E-state index contributed by atoms with van der Waals surface area (Å²) in [5, 5.41) is 35.3. The van der Waals surface area contributed by atoms with Crippen molar-refractivity contribution in [2.24, 2.45) is 0 Å². The number of hydrogen-bond donors (Lipinski definition) is 3. The lowest BCUT2D eigenvalue weighted by Gasteiger charge is -2.21. The Morgan fingerprint density at radius 3 is 2.73 bits per heavy atom. The molecule has 0 bridgehead atoms. The molecule has 1 atom stereocenters. The van der Waals surface area contributed by atoms with E-state index in [0.717, 1.165) is 16.8 Å². The van der Waals surface area contributed by atoms with Crippen LogP contribution in [-0.2, 0) is 5.41 Å². The maximum atomic E-state index is 9.94. The highest BCUT2D eigenvalue weighted by atomic mass is 16.5. The molecule has 8 nitrogen and oxygen atoms in total. The molecule has 0 saturated carbocycles. The number of aliphatic hydroxyl groups excluding tert-OH is 1. The van der Waals surface area contributed by atoms with E-state index in [0.29, 0.717) is 40.8 Å². The Bertz CT molecular complexity index is 1290. The molecule has 3 N–H and O–H groups in total. The summed E-state index contributed by atoms with van der Waals surface area (Å²) in [5.74, 6) is 0.922. The summed E-state index contributed by atoms with van der Waals surface area (Å²) in [4.78, 5) is 8.95. The predicted octanol–water partition coefficient (Wildman–Crippen LogP) is 4.09. The first-order valence-corrected chi connectivity index (χ1v) is 10.6. The Kier molecular flexibility index (Phi) is 5.87. The molecule has 33 heavy (non-hydrogen) atoms. The minimum atomic E-state index is -0.480. The van der Waals surface area contributed by atoms with Gasteiger partial charge in [0.15, 0.2) is 0 Å². The summed E-state index contributed by atoms with van der Waals surface area (Å²) in [6, 6.07) is 15.0. The SMILES string of the molecule is CC(C)Oc1ccc(C#N)cc1Nc1nccc(-c2cc(C#N)c3c(c2)[C@@](C)(CO)CN3)n1. The summed E-state index contributed by atoms with van der Waals surface area (Å²) in [6.07, 6.45) is 1.58. The first-order chi connectivity index (χ1) is 15.9. The lowest BCUT2D eigenvalue weighted by molar-refractivity contribution is 0.219. The van der Waals surface area contributed by atoms with Gasteiger partial charge in [-0.15, -0.1) is 0 Å². The fourth-order valence-corrected chi connectivity index (χ4v) is 3.82. The topological polar surface area (TPSA) is 127 Å². The monoisotopic (exact) mass is 440 g/mol. The number of nitriles is 2. The number of fused-ring (bicyclic) bond motifs is 1. The third-order valence-electron chi connectivity index (χ3n) is 5.58. The minimum Gasteiger partial charge on any atom is -0.489 e. The molecule has 0 spiro atoms. The van der Waals surface area contributed by atoms with Crippen molar-refractivity contribution in [3.8, 4) is 29.1 Å². The van der Waals surface area contributed by atoms with Crippen LogP contribution in [0.2, 0.25) is 0 Å². The molecule has 0 aliphatic carbocycles. The van der Waals surface area contributed by atoms with Gasteiger partial charge in [0.1, 0.15) is 11.8 Å². The van der Waals surface area contributed by atoms with E-state index < -0.39 is 5.41 Å². The van der Waals surface area contributed by atoms with Gasteiger partial charge in [-0.2, -0.15) is 10.5 Å². The molecule has 0 amide bonds. The van der Waals surface area contributed by atoms with Crippen molar-refractivity contribution in [2.75, 3.05) is 23.8 Å². The molecule has 0 saturated heterocycles. The van der Waals surface area contributed by atoms with Crippen LogP contribution in [0.1, 0.15) is 37.5 Å². The van der Waals surface area contributed by atoms with Crippen molar-refractivity contribution < 1.29 is 9.84 Å². The molecular weight excluding hydrogens is 416 g/mol. The van der Waals surface area contributed by atoms with Gasteiger partial charge in [0.25, 0.3) is 0 Å². The maximum absolute atomic E-state index is 9.94. The standard InChI is InChI=1S/C25H24N6O2/c1-15(2)33-22-5-4-16(11-26)8-21(22)31-24-28-7-6-20(30-24)17-9-18(12-27)23-19(10-17)25(3,14-32)13-29-23/h4-10,15,29,32H,13-14H2,1-3H3,(H,28,30,31)/t25-/m1/s1. The molecule has 166 valence electrons. The number of ether oxygens (including phenoxy) is 1. The van der Waals surface area contributed by atoms with Crippen LogP contribution >= 0.6 is 0 Å². The van der Waals surface area contributed by atoms with Gasteiger partial charge in [0, 0.05) is 23.7 Å². The predicted molar refractivity (Wildman–Crippen MR) is 125 cm³/mol. The first kappa shape index (κ1) is 22.1. The van der Waals surface area contributed by atoms with Gasteiger partial charge < -0.3 is 20.5 Å². The van der Waals surface area contributed by atoms with Crippen LogP contribution < -0.4 is 15.4 Å². The molecule has 2 aromatic carbocycles. The average Bonchev–Trinajstić information content (AvgIpc) is 3.16. The smallest absolute Gasteiger partial charge is 0.227 e. The van der Waals surface area contributed by atoms with Crippen LogP contribution in [0.25, 0.3) is 11.3 Å². The third kappa shape index (κ3) is 4.30. The zero-order valence-electron chi connectivity index (χ0n) is 18.7. The highest BCUT2D eigenvalue weighted by Gasteiger charge is 2.36. The summed E-state index contributed by atoms with van der Waals surface area (Å²) >= 11 is 0. The molecule has 0 fully saturated rings. The number of aromatic nitrogens is 2. The average molecular weight is 441 g/mol. The Morgan fingerprint density at radius 1 is 1.21 bits per heavy atom. The van der Waals surface area contributed by atoms with Gasteiger partial charge in [0.05, 0.1) is 47.0 Å². The Labute approximate surface area is 192 Å². The second-order valence-corrected chi connectivity index (χ2v) is 8.51. The van der Waals surface area contributed by atoms with Gasteiger partial charge >= 0.3 is 0 Å². The summed E-state index contributed by atoms with van der Waals surface area (Å²) < 4.78 is 5.85. The highest BCUT2D eigenvalue weighted by molar-refractivity contribution is 5.76. The Balaban J connectivity index is 1.73. The van der Waals surface area contributed by atoms with Crippen LogP contribution in [0.4, 0.5) is 17.3 Å². The molecule has 2 heterocycles. The summed E-state index contributed by atoms with van der Waals surface area (Å²) in [6.45, 7) is 6.33. The van der Waals surface area contributed by atoms with Gasteiger partial charge in [-0.05, 0) is 55.8 Å². The maximum Gasteiger partial charge on any atom is 0.227 e. The molecule has 8 heteroatoms. The number of anilines is 3. The van der Waals surface area contributed by atoms with E-state index >= 15 is 0 Å². The van der Waals surface area contributed by atoms with Gasteiger partial charge in [-0.3, -0.25) is 0 Å². The third-order valence-corrected chi connectivity index (χ3v) is 5.58. The number of nitrogens with zero attached hydrogens (tertiary/aromatic N) is 4. The Morgan fingerprint density at radius 2 is 2.03 bits per heavy atom. The van der Waals surface area contributed by atoms with Crippen molar-refractivity contribution in [1.29, 1.82) is 10.5 Å². The van der Waals surface area contributed by atoms with Crippen molar-refractivity contribution >= 4 is 17.3 Å². The van der Waals surface area contributed by atoms with E-state index in [-0.39, 0.29) is 12.7 Å². The van der Waals surface area contributed by atoms with Crippen LogP contribution in [-0.4, -0.2) is 34.3 Å². The van der Waals surface area contributed by atoms with Crippen LogP contribution in [0.15, 0.2) is 42.6 Å². The largest absolute Gasteiger partial charge is 0.489 e. The highest BCUT2D eigenvalue weighted by Crippen LogP contribution is 2.41. The normalized spacial score (nSPS) is 16.5. The molecule has 0 radical (unpaired) electrons. The van der Waals surface area contributed by atoms with E-state index in [1.807, 2.05) is 26.8 Å². The van der Waals surface area contributed by atoms with Crippen LogP contribution in [0.5, 0.6) is 5.75 Å². The fourth-order valence-electron chi connectivity index (χ4n) is 3.82. The second kappa shape index (κ2) is 8.78. The van der Waals surface area contributed by atoms with Crippen LogP contribution in [0, 0.1) is 22.7 Å². The number of nitrogens with one attached hydrogen (secondary N) is 2. The zero-order chi connectivity index (χ0) is 23.6. The Hall–Kier alpha value is -4.14. The van der Waals surface area contributed by atoms with Crippen molar-refractivity contribution in [1.82, 2.24) is 9.97 Å². The number of hydrogen-bond acceptors (Lipinski definition) is 8. The molecular formula is C25H24N6O2. The van der Waals surface area contributed by atoms with Crippen molar-refractivity contribution in [3.63, 3.8) is 0 Å². The molecule has 1 aliphatic heterocycles. The number of aliphatic hydroxyl groups is 1. The lowest BCUT2D eigenvalue weighted by atomic mass is 9.83. The van der Waals surface area contributed by atoms with Gasteiger partial charge in [0.2, 0.25) is 5.95 Å². The van der Waals surface area contributed by atoms with E-state index in [2.05, 4.69) is 32.7 Å². The summed E-state index contributed by atoms with van der Waals surface area (Å²) in [7, 11) is 0. The first-order valence-electron chi connectivity index (χ1n) is 10.6. The van der Waals surface area contributed by atoms with E-state index in [1.54, 1.807) is 36.5 Å². The van der Waals surface area contributed by atoms with E-state index in [4.69, 9.17) is 4.74 Å². The minimum absolute atomic E-state index is 0.0359. The number of benzene rings is 2. The molecule has 3 aromatic rings. The zero-order valence-corrected chi connectivity index (χ0v) is 18.7. The molecule has 4 rings (SSSR count). The van der Waals surface area contributed by atoms with Gasteiger partial charge in [-0.1, -0.05) is 6.92 Å². The quantitative estimate of drug-likeness (QED) is 0.523. The lowest BCUT2D eigenvalue weighted by Crippen LogP contribution is -2.28. The van der Waals surface area contributed by atoms with Crippen LogP contribution in [0.3, 0.4) is 0 Å². The van der Waals surface area contributed by atoms with E-state index in [9.17, 15) is 15.6 Å². The fraction of sp³-hybridized carbons (Fsp3) is 0.280. The second-order valence-electron chi connectivity index (χ2n) is 8.51. The van der Waals surface area contributed by atoms with E-state index in [1.165, 1.54) is 0 Å². The van der Waals surface area contributed by atoms with Gasteiger partial charge in [-0.25, -0.2) is 9.97 Å².